The van der Waals surface area contributed by atoms with Crippen LogP contribution in [0.1, 0.15) is 23.6 Å². The van der Waals surface area contributed by atoms with Crippen LogP contribution in [0.5, 0.6) is 0 Å². The summed E-state index contributed by atoms with van der Waals surface area (Å²) in [5.74, 6) is 0. The third-order valence-electron chi connectivity index (χ3n) is 2.31. The molecule has 1 aromatic carbocycles. The first-order valence-electron chi connectivity index (χ1n) is 5.27. The van der Waals surface area contributed by atoms with Crippen molar-refractivity contribution in [2.75, 3.05) is 0 Å². The maximum atomic E-state index is 2.18. The Kier molecular flexibility index (Phi) is 5.13. The second-order valence-corrected chi connectivity index (χ2v) is 4.36. The van der Waals surface area contributed by atoms with Gasteiger partial charge in [-0.3, -0.25) is 0 Å². The topological polar surface area (TPSA) is 0 Å². The summed E-state index contributed by atoms with van der Waals surface area (Å²) < 4.78 is 0. The van der Waals surface area contributed by atoms with Crippen molar-refractivity contribution >= 4 is 11.3 Å². The summed E-state index contributed by atoms with van der Waals surface area (Å²) in [5, 5.41) is 4.20. The summed E-state index contributed by atoms with van der Waals surface area (Å²) in [7, 11) is 0. The van der Waals surface area contributed by atoms with E-state index in [1.54, 1.807) is 11.3 Å². The van der Waals surface area contributed by atoms with Crippen LogP contribution in [-0.4, -0.2) is 0 Å². The molecule has 1 aromatic heterocycles. The molecular weight excluding hydrogens is 200 g/mol. The Balaban J connectivity index is 0.000000162. The largest absolute Gasteiger partial charge is 0.152 e. The van der Waals surface area contributed by atoms with Crippen LogP contribution in [0.2, 0.25) is 0 Å². The normalized spacial score (nSPS) is 9.27. The fourth-order valence-corrected chi connectivity index (χ4v) is 2.00. The molecule has 0 bridgehead atoms. The molecule has 15 heavy (non-hydrogen) atoms. The van der Waals surface area contributed by atoms with Gasteiger partial charge in [0.15, 0.2) is 0 Å². The molecule has 0 aliphatic carbocycles. The van der Waals surface area contributed by atoms with Crippen LogP contribution in [0.15, 0.2) is 41.1 Å². The summed E-state index contributed by atoms with van der Waals surface area (Å²) in [6.07, 6.45) is 1.15. The minimum atomic E-state index is 1.15. The molecule has 0 saturated carbocycles. The minimum absolute atomic E-state index is 1.15. The molecule has 0 saturated heterocycles. The Morgan fingerprint density at radius 3 is 2.13 bits per heavy atom. The first-order chi connectivity index (χ1) is 7.24. The number of aryl methyl sites for hydroxylation is 3. The van der Waals surface area contributed by atoms with E-state index in [4.69, 9.17) is 0 Å². The minimum Gasteiger partial charge on any atom is -0.152 e. The van der Waals surface area contributed by atoms with E-state index in [9.17, 15) is 0 Å². The zero-order valence-corrected chi connectivity index (χ0v) is 10.5. The predicted molar refractivity (Wildman–Crippen MR) is 69.6 cm³/mol. The van der Waals surface area contributed by atoms with Gasteiger partial charge in [-0.1, -0.05) is 31.2 Å². The predicted octanol–water partition coefficient (Wildman–Crippen LogP) is 4.61. The first-order valence-corrected chi connectivity index (χ1v) is 6.21. The lowest BCUT2D eigenvalue weighted by Crippen LogP contribution is -1.82. The molecule has 80 valence electrons. The molecule has 0 aliphatic rings. The van der Waals surface area contributed by atoms with E-state index in [1.165, 1.54) is 16.7 Å². The maximum absolute atomic E-state index is 2.18. The second-order valence-electron chi connectivity index (χ2n) is 3.58. The molecule has 0 atom stereocenters. The van der Waals surface area contributed by atoms with Crippen LogP contribution in [0.4, 0.5) is 0 Å². The van der Waals surface area contributed by atoms with Gasteiger partial charge in [-0.15, -0.1) is 0 Å². The van der Waals surface area contributed by atoms with Crippen LogP contribution in [-0.2, 0) is 6.42 Å². The van der Waals surface area contributed by atoms with Gasteiger partial charge in [-0.05, 0) is 53.8 Å². The van der Waals surface area contributed by atoms with E-state index in [1.807, 2.05) is 0 Å². The zero-order valence-electron chi connectivity index (χ0n) is 9.66. The summed E-state index contributed by atoms with van der Waals surface area (Å²) >= 11 is 1.74. The number of rotatable bonds is 1. The highest BCUT2D eigenvalue weighted by molar-refractivity contribution is 7.07. The van der Waals surface area contributed by atoms with Crippen molar-refractivity contribution in [3.63, 3.8) is 0 Å². The van der Waals surface area contributed by atoms with Gasteiger partial charge in [0.25, 0.3) is 0 Å². The fourth-order valence-electron chi connectivity index (χ4n) is 1.34. The third-order valence-corrected chi connectivity index (χ3v) is 3.11. The van der Waals surface area contributed by atoms with Crippen LogP contribution < -0.4 is 0 Å². The van der Waals surface area contributed by atoms with Crippen LogP contribution in [0.3, 0.4) is 0 Å². The summed E-state index contributed by atoms with van der Waals surface area (Å²) in [5.41, 5.74) is 4.22. The molecule has 0 radical (unpaired) electrons. The highest BCUT2D eigenvalue weighted by Crippen LogP contribution is 2.06. The van der Waals surface area contributed by atoms with Crippen molar-refractivity contribution in [3.8, 4) is 0 Å². The molecule has 2 rings (SSSR count). The van der Waals surface area contributed by atoms with Gasteiger partial charge in [0.1, 0.15) is 0 Å². The van der Waals surface area contributed by atoms with Gasteiger partial charge in [0.05, 0.1) is 0 Å². The van der Waals surface area contributed by atoms with Crippen molar-refractivity contribution in [1.29, 1.82) is 0 Å². The molecular formula is C14H18S. The summed E-state index contributed by atoms with van der Waals surface area (Å²) in [6, 6.07) is 10.6. The average Bonchev–Trinajstić information content (AvgIpc) is 2.71. The molecule has 1 heteroatoms. The monoisotopic (exact) mass is 218 g/mol. The van der Waals surface area contributed by atoms with Crippen LogP contribution in [0, 0.1) is 13.8 Å². The third kappa shape index (κ3) is 4.30. The molecule has 0 spiro atoms. The number of benzene rings is 1. The smallest absolute Gasteiger partial charge is 0.00641 e. The molecule has 0 unspecified atom stereocenters. The van der Waals surface area contributed by atoms with Crippen LogP contribution >= 0.6 is 11.3 Å². The van der Waals surface area contributed by atoms with E-state index in [0.717, 1.165) is 6.42 Å². The van der Waals surface area contributed by atoms with Gasteiger partial charge in [0, 0.05) is 0 Å². The van der Waals surface area contributed by atoms with E-state index in [0.29, 0.717) is 0 Å². The van der Waals surface area contributed by atoms with Gasteiger partial charge in [0.2, 0.25) is 0 Å². The molecule has 0 aliphatic heterocycles. The summed E-state index contributed by atoms with van der Waals surface area (Å²) in [4.78, 5) is 0. The van der Waals surface area contributed by atoms with Crippen LogP contribution in [0.25, 0.3) is 0 Å². The van der Waals surface area contributed by atoms with Crippen molar-refractivity contribution in [1.82, 2.24) is 0 Å². The Bertz CT molecular complexity index is 374. The Morgan fingerprint density at radius 2 is 1.80 bits per heavy atom. The van der Waals surface area contributed by atoms with Crippen molar-refractivity contribution in [2.24, 2.45) is 0 Å². The summed E-state index contributed by atoms with van der Waals surface area (Å²) in [6.45, 7) is 6.43. The van der Waals surface area contributed by atoms with Crippen molar-refractivity contribution in [3.05, 3.63) is 57.8 Å². The number of thiophene rings is 1. The lowest BCUT2D eigenvalue weighted by Gasteiger charge is -1.98. The lowest BCUT2D eigenvalue weighted by atomic mass is 10.1. The second kappa shape index (κ2) is 6.41. The SMILES string of the molecule is CCc1ccccc1C.Cc1ccsc1. The van der Waals surface area contributed by atoms with Crippen molar-refractivity contribution < 1.29 is 0 Å². The van der Waals surface area contributed by atoms with Gasteiger partial charge >= 0.3 is 0 Å². The molecule has 0 amide bonds. The van der Waals surface area contributed by atoms with E-state index in [-0.39, 0.29) is 0 Å². The average molecular weight is 218 g/mol. The zero-order chi connectivity index (χ0) is 11.1. The van der Waals surface area contributed by atoms with Gasteiger partial charge in [-0.25, -0.2) is 0 Å². The van der Waals surface area contributed by atoms with Crippen molar-refractivity contribution in [2.45, 2.75) is 27.2 Å². The Morgan fingerprint density at radius 1 is 1.07 bits per heavy atom. The quantitative estimate of drug-likeness (QED) is 0.655. The highest BCUT2D eigenvalue weighted by atomic mass is 32.1. The number of hydrogen-bond acceptors (Lipinski definition) is 1. The molecule has 0 nitrogen and oxygen atoms in total. The molecule has 0 N–H and O–H groups in total. The van der Waals surface area contributed by atoms with Gasteiger partial charge < -0.3 is 0 Å². The standard InChI is InChI=1S/C9H12.C5H6S/c1-3-9-7-5-4-6-8(9)2;1-5-2-3-6-4-5/h4-7H,3H2,1-2H3;2-4H,1H3. The highest BCUT2D eigenvalue weighted by Gasteiger charge is 1.89. The molecule has 1 heterocycles. The Hall–Kier alpha value is -1.08. The molecule has 0 fully saturated rings. The van der Waals surface area contributed by atoms with E-state index in [2.05, 4.69) is 61.9 Å². The molecule has 2 aromatic rings. The van der Waals surface area contributed by atoms with E-state index < -0.39 is 0 Å². The maximum Gasteiger partial charge on any atom is -0.00641 e. The fraction of sp³-hybridized carbons (Fsp3) is 0.286. The first kappa shape index (κ1) is 12.0. The number of hydrogen-bond donors (Lipinski definition) is 0. The van der Waals surface area contributed by atoms with E-state index >= 15 is 0 Å². The van der Waals surface area contributed by atoms with Gasteiger partial charge in [-0.2, -0.15) is 11.3 Å². The Labute approximate surface area is 96.6 Å². The lowest BCUT2D eigenvalue weighted by molar-refractivity contribution is 1.11.